The second kappa shape index (κ2) is 6.81. The van der Waals surface area contributed by atoms with Crippen LogP contribution in [0.5, 0.6) is 0 Å². The molecule has 0 spiro atoms. The third-order valence-corrected chi connectivity index (χ3v) is 1.60. The largest absolute Gasteiger partial charge is 0.397 e. The van der Waals surface area contributed by atoms with E-state index in [0.717, 1.165) is 12.9 Å². The van der Waals surface area contributed by atoms with Gasteiger partial charge in [-0.25, -0.2) is 0 Å². The van der Waals surface area contributed by atoms with Crippen LogP contribution in [0.15, 0.2) is 4.99 Å². The molecule has 0 unspecified atom stereocenters. The summed E-state index contributed by atoms with van der Waals surface area (Å²) >= 11 is 0. The molecule has 0 saturated heterocycles. The van der Waals surface area contributed by atoms with E-state index in [2.05, 4.69) is 9.18 Å². The Morgan fingerprint density at radius 1 is 1.46 bits per heavy atom. The molecule has 13 heavy (non-hydrogen) atoms. The van der Waals surface area contributed by atoms with Gasteiger partial charge in [0.15, 0.2) is 0 Å². The number of amidine groups is 1. The quantitative estimate of drug-likeness (QED) is 0.377. The van der Waals surface area contributed by atoms with Gasteiger partial charge in [0, 0.05) is 21.1 Å². The van der Waals surface area contributed by atoms with Crippen molar-refractivity contribution in [1.82, 2.24) is 4.90 Å². The number of rotatable bonds is 1. The fourth-order valence-electron chi connectivity index (χ4n) is 0.200. The topological polar surface area (TPSA) is 79.2 Å². The Balaban J connectivity index is 0. The van der Waals surface area contributed by atoms with Crippen LogP contribution in [0.3, 0.4) is 0 Å². The minimum atomic E-state index is -4.16. The van der Waals surface area contributed by atoms with Crippen molar-refractivity contribution in [2.45, 2.75) is 6.92 Å². The monoisotopic (exact) mass is 212 g/mol. The maximum atomic E-state index is 9.33. The standard InChI is InChI=1S/C5H12N2.CH4O4S/c1-5(6-2)7(3)4;1-5-6(2,3)4/h1-4H3;1H3,(H,2,3,4). The highest BCUT2D eigenvalue weighted by molar-refractivity contribution is 7.80. The molecule has 0 aliphatic heterocycles. The van der Waals surface area contributed by atoms with Crippen LogP contribution in [-0.4, -0.2) is 52.0 Å². The molecule has 6 nitrogen and oxygen atoms in total. The van der Waals surface area contributed by atoms with Gasteiger partial charge in [-0.2, -0.15) is 8.42 Å². The van der Waals surface area contributed by atoms with Crippen molar-refractivity contribution in [2.24, 2.45) is 4.99 Å². The summed E-state index contributed by atoms with van der Waals surface area (Å²) in [5.41, 5.74) is 0. The molecule has 0 aromatic heterocycles. The van der Waals surface area contributed by atoms with E-state index < -0.39 is 10.4 Å². The van der Waals surface area contributed by atoms with Crippen molar-refractivity contribution in [3.8, 4) is 0 Å². The van der Waals surface area contributed by atoms with E-state index in [4.69, 9.17) is 4.55 Å². The van der Waals surface area contributed by atoms with Gasteiger partial charge < -0.3 is 4.90 Å². The van der Waals surface area contributed by atoms with Crippen LogP contribution in [0, 0.1) is 0 Å². The SMILES string of the molecule is CN=C(C)N(C)C.COS(=O)(=O)O. The third kappa shape index (κ3) is 14.2. The second-order valence-corrected chi connectivity index (χ2v) is 3.45. The lowest BCUT2D eigenvalue weighted by Gasteiger charge is -2.08. The molecule has 0 aromatic rings. The van der Waals surface area contributed by atoms with E-state index in [1.165, 1.54) is 0 Å². The van der Waals surface area contributed by atoms with Gasteiger partial charge in [-0.05, 0) is 6.92 Å². The summed E-state index contributed by atoms with van der Waals surface area (Å²) in [7, 11) is 2.44. The first-order valence-corrected chi connectivity index (χ1v) is 4.74. The highest BCUT2D eigenvalue weighted by Gasteiger charge is 1.94. The molecule has 0 heterocycles. The average molecular weight is 212 g/mol. The van der Waals surface area contributed by atoms with E-state index in [9.17, 15) is 8.42 Å². The molecular formula is C6H16N2O4S. The third-order valence-electron chi connectivity index (χ3n) is 1.18. The van der Waals surface area contributed by atoms with Gasteiger partial charge in [0.1, 0.15) is 0 Å². The maximum Gasteiger partial charge on any atom is 0.397 e. The molecule has 0 aliphatic rings. The Morgan fingerprint density at radius 3 is 1.77 bits per heavy atom. The average Bonchev–Trinajstić information content (AvgIpc) is 2.02. The highest BCUT2D eigenvalue weighted by Crippen LogP contribution is 1.76. The van der Waals surface area contributed by atoms with E-state index in [1.54, 1.807) is 7.05 Å². The lowest BCUT2D eigenvalue weighted by atomic mass is 10.6. The Bertz CT molecular complexity index is 245. The van der Waals surface area contributed by atoms with Crippen molar-refractivity contribution in [2.75, 3.05) is 28.3 Å². The van der Waals surface area contributed by atoms with Crippen LogP contribution < -0.4 is 0 Å². The van der Waals surface area contributed by atoms with Crippen molar-refractivity contribution in [3.63, 3.8) is 0 Å². The summed E-state index contributed by atoms with van der Waals surface area (Å²) in [6.07, 6.45) is 0. The maximum absolute atomic E-state index is 9.33. The first-order valence-electron chi connectivity index (χ1n) is 3.38. The highest BCUT2D eigenvalue weighted by atomic mass is 32.3. The molecule has 0 amide bonds. The molecule has 0 saturated carbocycles. The van der Waals surface area contributed by atoms with Crippen LogP contribution in [0.25, 0.3) is 0 Å². The lowest BCUT2D eigenvalue weighted by molar-refractivity contribution is 0.324. The zero-order chi connectivity index (χ0) is 11.1. The zero-order valence-electron chi connectivity index (χ0n) is 8.47. The van der Waals surface area contributed by atoms with Crippen LogP contribution in [0.4, 0.5) is 0 Å². The van der Waals surface area contributed by atoms with Crippen LogP contribution in [0.1, 0.15) is 6.92 Å². The molecule has 0 bridgehead atoms. The van der Waals surface area contributed by atoms with Crippen molar-refractivity contribution < 1.29 is 17.2 Å². The molecular weight excluding hydrogens is 196 g/mol. The summed E-state index contributed by atoms with van der Waals surface area (Å²) in [6, 6.07) is 0. The van der Waals surface area contributed by atoms with Crippen LogP contribution in [-0.2, 0) is 14.6 Å². The van der Waals surface area contributed by atoms with E-state index >= 15 is 0 Å². The molecule has 7 heteroatoms. The van der Waals surface area contributed by atoms with Gasteiger partial charge in [0.2, 0.25) is 0 Å². The van der Waals surface area contributed by atoms with E-state index in [0.29, 0.717) is 0 Å². The summed E-state index contributed by atoms with van der Waals surface area (Å²) in [4.78, 5) is 5.90. The molecule has 1 N–H and O–H groups in total. The number of nitrogens with zero attached hydrogens (tertiary/aromatic N) is 2. The van der Waals surface area contributed by atoms with Gasteiger partial charge in [-0.15, -0.1) is 0 Å². The second-order valence-electron chi connectivity index (χ2n) is 2.26. The van der Waals surface area contributed by atoms with E-state index in [1.807, 2.05) is 25.9 Å². The van der Waals surface area contributed by atoms with Crippen molar-refractivity contribution in [3.05, 3.63) is 0 Å². The Labute approximate surface area is 79.2 Å². The number of hydrogen-bond acceptors (Lipinski definition) is 4. The Kier molecular flexibility index (Phi) is 7.78. The predicted molar refractivity (Wildman–Crippen MR) is 51.3 cm³/mol. The summed E-state index contributed by atoms with van der Waals surface area (Å²) in [5, 5.41) is 0. The molecule has 0 radical (unpaired) electrons. The number of hydrogen-bond donors (Lipinski definition) is 1. The lowest BCUT2D eigenvalue weighted by Crippen LogP contribution is -2.17. The zero-order valence-corrected chi connectivity index (χ0v) is 9.29. The van der Waals surface area contributed by atoms with Crippen LogP contribution in [0.2, 0.25) is 0 Å². The predicted octanol–water partition coefficient (Wildman–Crippen LogP) is 0.0318. The molecule has 80 valence electrons. The van der Waals surface area contributed by atoms with E-state index in [-0.39, 0.29) is 0 Å². The van der Waals surface area contributed by atoms with Gasteiger partial charge >= 0.3 is 10.4 Å². The van der Waals surface area contributed by atoms with Gasteiger partial charge in [0.05, 0.1) is 12.9 Å². The van der Waals surface area contributed by atoms with Gasteiger partial charge in [0.25, 0.3) is 0 Å². The molecule has 0 rings (SSSR count). The smallest absolute Gasteiger partial charge is 0.367 e. The van der Waals surface area contributed by atoms with Crippen molar-refractivity contribution in [1.29, 1.82) is 0 Å². The molecule has 0 aliphatic carbocycles. The molecule has 0 aromatic carbocycles. The summed E-state index contributed by atoms with van der Waals surface area (Å²) in [6.45, 7) is 1.97. The minimum absolute atomic E-state index is 0.870. The van der Waals surface area contributed by atoms with Gasteiger partial charge in [-0.1, -0.05) is 0 Å². The van der Waals surface area contributed by atoms with Crippen molar-refractivity contribution >= 4 is 16.2 Å². The fourth-order valence-corrected chi connectivity index (χ4v) is 0.200. The minimum Gasteiger partial charge on any atom is -0.367 e. The van der Waals surface area contributed by atoms with Crippen LogP contribution >= 0.6 is 0 Å². The normalized spacial score (nSPS) is 11.7. The van der Waals surface area contributed by atoms with Gasteiger partial charge in [-0.3, -0.25) is 13.7 Å². The summed E-state index contributed by atoms with van der Waals surface area (Å²) < 4.78 is 29.7. The first-order chi connectivity index (χ1) is 5.74. The Morgan fingerprint density at radius 2 is 1.77 bits per heavy atom. The Hall–Kier alpha value is -0.660. The number of aliphatic imine (C=N–C) groups is 1. The molecule has 0 atom stereocenters. The molecule has 0 fully saturated rings. The summed E-state index contributed by atoms with van der Waals surface area (Å²) in [5.74, 6) is 1.06. The fraction of sp³-hybridized carbons (Fsp3) is 0.833. The first kappa shape index (κ1) is 14.8.